The van der Waals surface area contributed by atoms with Crippen molar-refractivity contribution in [2.75, 3.05) is 12.4 Å². The number of nitrogens with one attached hydrogen (secondary N) is 2. The fraction of sp³-hybridized carbons (Fsp3) is 0.185. The largest absolute Gasteiger partial charge is 0.493 e. The Morgan fingerprint density at radius 3 is 2.65 bits per heavy atom. The standard InChI is InChI=1S/C27H24ClN3O3/c1-16-4-3-5-17(12-16)15-34-22-11-8-19(13-23(22)33-2)21-14-24(32)29-27-25(21)26(30-31-27)18-6-9-20(28)10-7-18/h3-13,21H,14-15H2,1-2H3,(H2,29,30,31,32). The van der Waals surface area contributed by atoms with Crippen molar-refractivity contribution in [3.63, 3.8) is 0 Å². The van der Waals surface area contributed by atoms with Gasteiger partial charge < -0.3 is 14.8 Å². The van der Waals surface area contributed by atoms with E-state index < -0.39 is 0 Å². The van der Waals surface area contributed by atoms with Gasteiger partial charge in [0.15, 0.2) is 17.3 Å². The minimum atomic E-state index is -0.187. The smallest absolute Gasteiger partial charge is 0.226 e. The second kappa shape index (κ2) is 9.23. The molecule has 3 aromatic carbocycles. The topological polar surface area (TPSA) is 76.2 Å². The zero-order valence-corrected chi connectivity index (χ0v) is 19.6. The van der Waals surface area contributed by atoms with Crippen LogP contribution >= 0.6 is 11.6 Å². The maximum Gasteiger partial charge on any atom is 0.226 e. The Balaban J connectivity index is 1.47. The molecule has 2 heterocycles. The Morgan fingerprint density at radius 2 is 1.88 bits per heavy atom. The highest BCUT2D eigenvalue weighted by molar-refractivity contribution is 6.30. The molecular weight excluding hydrogens is 450 g/mol. The summed E-state index contributed by atoms with van der Waals surface area (Å²) in [7, 11) is 1.62. The van der Waals surface area contributed by atoms with Gasteiger partial charge in [0.1, 0.15) is 6.61 Å². The van der Waals surface area contributed by atoms with Crippen LogP contribution in [0, 0.1) is 6.92 Å². The lowest BCUT2D eigenvalue weighted by Gasteiger charge is -2.24. The number of nitrogens with zero attached hydrogens (tertiary/aromatic N) is 1. The van der Waals surface area contributed by atoms with Crippen LogP contribution in [0.1, 0.15) is 34.6 Å². The van der Waals surface area contributed by atoms with Gasteiger partial charge in [-0.1, -0.05) is 59.6 Å². The van der Waals surface area contributed by atoms with Crippen LogP contribution < -0.4 is 14.8 Å². The third kappa shape index (κ3) is 4.37. The lowest BCUT2D eigenvalue weighted by molar-refractivity contribution is -0.116. The van der Waals surface area contributed by atoms with Crippen molar-refractivity contribution in [3.8, 4) is 22.8 Å². The van der Waals surface area contributed by atoms with Gasteiger partial charge in [-0.05, 0) is 42.3 Å². The monoisotopic (exact) mass is 473 g/mol. The zero-order valence-electron chi connectivity index (χ0n) is 18.9. The van der Waals surface area contributed by atoms with Crippen LogP contribution in [0.5, 0.6) is 11.5 Å². The van der Waals surface area contributed by atoms with E-state index in [0.717, 1.165) is 27.9 Å². The second-order valence-corrected chi connectivity index (χ2v) is 8.80. The van der Waals surface area contributed by atoms with E-state index in [1.807, 2.05) is 54.6 Å². The van der Waals surface area contributed by atoms with Crippen LogP contribution in [0.15, 0.2) is 66.7 Å². The minimum absolute atomic E-state index is 0.0783. The highest BCUT2D eigenvalue weighted by Crippen LogP contribution is 2.43. The summed E-state index contributed by atoms with van der Waals surface area (Å²) in [4.78, 5) is 12.5. The van der Waals surface area contributed by atoms with Crippen molar-refractivity contribution in [3.05, 3.63) is 94.0 Å². The maximum absolute atomic E-state index is 12.5. The summed E-state index contributed by atoms with van der Waals surface area (Å²) in [5, 5.41) is 11.0. The number of halogens is 1. The first kappa shape index (κ1) is 22.0. The second-order valence-electron chi connectivity index (χ2n) is 8.36. The number of H-pyrrole nitrogens is 1. The molecule has 1 atom stereocenters. The molecule has 0 bridgehead atoms. The van der Waals surface area contributed by atoms with Crippen LogP contribution in [0.4, 0.5) is 5.82 Å². The van der Waals surface area contributed by atoms with E-state index in [0.29, 0.717) is 35.4 Å². The molecule has 1 unspecified atom stereocenters. The normalized spacial score (nSPS) is 14.9. The van der Waals surface area contributed by atoms with Crippen molar-refractivity contribution >= 4 is 23.3 Å². The summed E-state index contributed by atoms with van der Waals surface area (Å²) < 4.78 is 11.7. The number of aromatic amines is 1. The molecule has 5 rings (SSSR count). The molecule has 0 fully saturated rings. The van der Waals surface area contributed by atoms with Gasteiger partial charge in [0, 0.05) is 28.5 Å². The van der Waals surface area contributed by atoms with Crippen LogP contribution in [0.25, 0.3) is 11.3 Å². The van der Waals surface area contributed by atoms with Crippen molar-refractivity contribution in [2.45, 2.75) is 25.9 Å². The number of hydrogen-bond donors (Lipinski definition) is 2. The first-order valence-corrected chi connectivity index (χ1v) is 11.4. The number of aromatic nitrogens is 2. The molecule has 1 amide bonds. The molecule has 2 N–H and O–H groups in total. The summed E-state index contributed by atoms with van der Waals surface area (Å²) in [5.74, 6) is 1.55. The third-order valence-corrected chi connectivity index (χ3v) is 6.25. The molecule has 172 valence electrons. The van der Waals surface area contributed by atoms with E-state index in [4.69, 9.17) is 21.1 Å². The molecule has 0 radical (unpaired) electrons. The molecule has 0 saturated heterocycles. The van der Waals surface area contributed by atoms with Gasteiger partial charge in [-0.25, -0.2) is 0 Å². The lowest BCUT2D eigenvalue weighted by Crippen LogP contribution is -2.23. The number of carbonyl (C=O) groups excluding carboxylic acids is 1. The lowest BCUT2D eigenvalue weighted by atomic mass is 9.84. The number of anilines is 1. The van der Waals surface area contributed by atoms with Gasteiger partial charge in [0.05, 0.1) is 12.8 Å². The summed E-state index contributed by atoms with van der Waals surface area (Å²) in [6.07, 6.45) is 0.305. The summed E-state index contributed by atoms with van der Waals surface area (Å²) in [6.45, 7) is 2.50. The predicted octanol–water partition coefficient (Wildman–Crippen LogP) is 6.10. The van der Waals surface area contributed by atoms with Gasteiger partial charge in [0.2, 0.25) is 5.91 Å². The highest BCUT2D eigenvalue weighted by Gasteiger charge is 2.32. The van der Waals surface area contributed by atoms with E-state index in [-0.39, 0.29) is 11.8 Å². The average Bonchev–Trinajstić information content (AvgIpc) is 3.26. The summed E-state index contributed by atoms with van der Waals surface area (Å²) in [5.41, 5.74) is 5.97. The number of fused-ring (bicyclic) bond motifs is 1. The van der Waals surface area contributed by atoms with E-state index >= 15 is 0 Å². The van der Waals surface area contributed by atoms with E-state index in [9.17, 15) is 4.79 Å². The van der Waals surface area contributed by atoms with E-state index in [1.165, 1.54) is 5.56 Å². The Bertz CT molecular complexity index is 1350. The molecule has 1 aliphatic heterocycles. The molecule has 0 saturated carbocycles. The van der Waals surface area contributed by atoms with Crippen LogP contribution in [0.3, 0.4) is 0 Å². The molecule has 1 aliphatic rings. The predicted molar refractivity (Wildman–Crippen MR) is 133 cm³/mol. The number of aryl methyl sites for hydroxylation is 1. The number of carbonyl (C=O) groups is 1. The minimum Gasteiger partial charge on any atom is -0.493 e. The number of ether oxygens (including phenoxy) is 2. The number of hydrogen-bond acceptors (Lipinski definition) is 4. The Hall–Kier alpha value is -3.77. The quantitative estimate of drug-likeness (QED) is 0.354. The molecule has 1 aromatic heterocycles. The molecule has 6 nitrogen and oxygen atoms in total. The average molecular weight is 474 g/mol. The van der Waals surface area contributed by atoms with Gasteiger partial charge >= 0.3 is 0 Å². The fourth-order valence-electron chi connectivity index (χ4n) is 4.36. The Morgan fingerprint density at radius 1 is 1.06 bits per heavy atom. The Labute approximate surface area is 202 Å². The number of benzene rings is 3. The van der Waals surface area contributed by atoms with Gasteiger partial charge in [-0.3, -0.25) is 9.89 Å². The van der Waals surface area contributed by atoms with E-state index in [1.54, 1.807) is 7.11 Å². The van der Waals surface area contributed by atoms with Crippen molar-refractivity contribution in [1.82, 2.24) is 10.2 Å². The number of methoxy groups -OCH3 is 1. The molecular formula is C27H24ClN3O3. The zero-order chi connectivity index (χ0) is 23.7. The van der Waals surface area contributed by atoms with Crippen molar-refractivity contribution in [2.24, 2.45) is 0 Å². The van der Waals surface area contributed by atoms with Gasteiger partial charge in [-0.2, -0.15) is 5.10 Å². The number of rotatable bonds is 6. The SMILES string of the molecule is COc1cc(C2CC(=O)Nc3n[nH]c(-c4ccc(Cl)cc4)c32)ccc1OCc1cccc(C)c1. The molecule has 34 heavy (non-hydrogen) atoms. The molecule has 0 spiro atoms. The van der Waals surface area contributed by atoms with E-state index in [2.05, 4.69) is 34.6 Å². The maximum atomic E-state index is 12.5. The molecule has 4 aromatic rings. The van der Waals surface area contributed by atoms with Crippen molar-refractivity contribution in [1.29, 1.82) is 0 Å². The molecule has 7 heteroatoms. The van der Waals surface area contributed by atoms with Gasteiger partial charge in [0.25, 0.3) is 0 Å². The first-order valence-electron chi connectivity index (χ1n) is 11.0. The highest BCUT2D eigenvalue weighted by atomic mass is 35.5. The summed E-state index contributed by atoms with van der Waals surface area (Å²) in [6, 6.07) is 21.6. The van der Waals surface area contributed by atoms with Crippen molar-refractivity contribution < 1.29 is 14.3 Å². The third-order valence-electron chi connectivity index (χ3n) is 6.00. The Kier molecular flexibility index (Phi) is 5.99. The van der Waals surface area contributed by atoms with Crippen LogP contribution in [-0.4, -0.2) is 23.2 Å². The van der Waals surface area contributed by atoms with Crippen LogP contribution in [-0.2, 0) is 11.4 Å². The van der Waals surface area contributed by atoms with Gasteiger partial charge in [-0.15, -0.1) is 0 Å². The summed E-state index contributed by atoms with van der Waals surface area (Å²) >= 11 is 6.07. The fourth-order valence-corrected chi connectivity index (χ4v) is 4.49. The van der Waals surface area contributed by atoms with Crippen LogP contribution in [0.2, 0.25) is 5.02 Å². The molecule has 0 aliphatic carbocycles. The number of amides is 1. The first-order chi connectivity index (χ1) is 16.5.